The molecule has 2 aromatic rings. The summed E-state index contributed by atoms with van der Waals surface area (Å²) in [6.07, 6.45) is 0. The zero-order valence-electron chi connectivity index (χ0n) is 15.5. The van der Waals surface area contributed by atoms with E-state index in [0.29, 0.717) is 28.1 Å². The van der Waals surface area contributed by atoms with Crippen molar-refractivity contribution in [1.29, 1.82) is 0 Å². The van der Waals surface area contributed by atoms with E-state index < -0.39 is 23.8 Å². The highest BCUT2D eigenvalue weighted by Gasteiger charge is 2.42. The Labute approximate surface area is 161 Å². The maximum atomic E-state index is 13.2. The fourth-order valence-corrected chi connectivity index (χ4v) is 3.56. The molecule has 0 fully saturated rings. The molecule has 0 saturated heterocycles. The molecule has 142 valence electrons. The first-order valence-corrected chi connectivity index (χ1v) is 8.96. The Morgan fingerprint density at radius 2 is 1.68 bits per heavy atom. The van der Waals surface area contributed by atoms with Crippen LogP contribution in [-0.4, -0.2) is 47.6 Å². The Morgan fingerprint density at radius 1 is 1.04 bits per heavy atom. The van der Waals surface area contributed by atoms with Crippen LogP contribution in [0.5, 0.6) is 5.75 Å². The lowest BCUT2D eigenvalue weighted by atomic mass is 10.1. The third-order valence-electron chi connectivity index (χ3n) is 5.06. The van der Waals surface area contributed by atoms with Gasteiger partial charge in [0.15, 0.2) is 5.78 Å². The van der Waals surface area contributed by atoms with E-state index in [4.69, 9.17) is 4.74 Å². The van der Waals surface area contributed by atoms with Gasteiger partial charge in [0.2, 0.25) is 5.91 Å². The fourth-order valence-electron chi connectivity index (χ4n) is 3.56. The number of hydrogen-bond acceptors (Lipinski definition) is 5. The second kappa shape index (κ2) is 6.60. The van der Waals surface area contributed by atoms with E-state index in [9.17, 15) is 19.2 Å². The first-order chi connectivity index (χ1) is 13.4. The minimum atomic E-state index is -0.987. The van der Waals surface area contributed by atoms with Crippen LogP contribution >= 0.6 is 0 Å². The van der Waals surface area contributed by atoms with Crippen LogP contribution in [0.15, 0.2) is 42.5 Å². The first kappa shape index (κ1) is 17.9. The molecule has 7 heteroatoms. The van der Waals surface area contributed by atoms with Gasteiger partial charge in [0, 0.05) is 5.56 Å². The van der Waals surface area contributed by atoms with Gasteiger partial charge in [-0.15, -0.1) is 0 Å². The third kappa shape index (κ3) is 2.67. The predicted octanol–water partition coefficient (Wildman–Crippen LogP) is 2.30. The smallest absolute Gasteiger partial charge is 0.262 e. The van der Waals surface area contributed by atoms with Gasteiger partial charge in [-0.25, -0.2) is 0 Å². The Hall–Kier alpha value is -3.48. The van der Waals surface area contributed by atoms with Crippen molar-refractivity contribution in [3.63, 3.8) is 0 Å². The van der Waals surface area contributed by atoms with Gasteiger partial charge in [-0.05, 0) is 44.2 Å². The summed E-state index contributed by atoms with van der Waals surface area (Å²) in [7, 11) is 0. The van der Waals surface area contributed by atoms with E-state index in [0.717, 1.165) is 4.90 Å². The zero-order chi connectivity index (χ0) is 20.0. The van der Waals surface area contributed by atoms with Crippen LogP contribution in [0.25, 0.3) is 0 Å². The van der Waals surface area contributed by atoms with E-state index in [1.165, 1.54) is 18.7 Å². The molecule has 2 aliphatic heterocycles. The number of ketones is 1. The van der Waals surface area contributed by atoms with Gasteiger partial charge in [-0.3, -0.25) is 24.1 Å². The molecule has 0 bridgehead atoms. The quantitative estimate of drug-likeness (QED) is 0.604. The minimum Gasteiger partial charge on any atom is -0.490 e. The summed E-state index contributed by atoms with van der Waals surface area (Å²) in [6, 6.07) is 10.4. The van der Waals surface area contributed by atoms with E-state index in [2.05, 4.69) is 0 Å². The third-order valence-corrected chi connectivity index (χ3v) is 5.06. The van der Waals surface area contributed by atoms with Gasteiger partial charge in [0.25, 0.3) is 11.8 Å². The summed E-state index contributed by atoms with van der Waals surface area (Å²) in [4.78, 5) is 52.8. The second-order valence-electron chi connectivity index (χ2n) is 6.78. The summed E-state index contributed by atoms with van der Waals surface area (Å²) >= 11 is 0. The number of amides is 3. The number of carbonyl (C=O) groups is 4. The van der Waals surface area contributed by atoms with Crippen LogP contribution in [-0.2, 0) is 4.79 Å². The molecule has 4 rings (SSSR count). The van der Waals surface area contributed by atoms with Crippen LogP contribution in [0, 0.1) is 0 Å². The highest BCUT2D eigenvalue weighted by molar-refractivity contribution is 6.23. The number of nitrogens with zero attached hydrogens (tertiary/aromatic N) is 2. The lowest BCUT2D eigenvalue weighted by molar-refractivity contribution is -0.122. The molecule has 0 aliphatic carbocycles. The van der Waals surface area contributed by atoms with E-state index in [1.807, 2.05) is 0 Å². The Kier molecular flexibility index (Phi) is 4.22. The highest BCUT2D eigenvalue weighted by Crippen LogP contribution is 2.34. The number of imide groups is 1. The fraction of sp³-hybridized carbons (Fsp3) is 0.238. The van der Waals surface area contributed by atoms with E-state index in [-0.39, 0.29) is 18.9 Å². The van der Waals surface area contributed by atoms with Crippen molar-refractivity contribution < 1.29 is 23.9 Å². The average molecular weight is 378 g/mol. The van der Waals surface area contributed by atoms with Crippen molar-refractivity contribution in [3.8, 4) is 5.75 Å². The maximum Gasteiger partial charge on any atom is 0.262 e. The van der Waals surface area contributed by atoms with E-state index >= 15 is 0 Å². The molecule has 1 atom stereocenters. The number of hydrogen-bond donors (Lipinski definition) is 0. The standard InChI is InChI=1S/C21H18N2O5/c1-12(23-20(26)15-5-3-4-6-16(15)21(23)27)19(25)22-9-10-28-18-8-7-14(13(2)24)11-17(18)22/h3-8,11-12H,9-10H2,1-2H3. The number of Topliss-reactive ketones (excluding diaryl/α,β-unsaturated/α-hetero) is 1. The van der Waals surface area contributed by atoms with Crippen LogP contribution in [0.2, 0.25) is 0 Å². The number of ether oxygens (including phenoxy) is 1. The summed E-state index contributed by atoms with van der Waals surface area (Å²) in [5, 5.41) is 0. The molecule has 7 nitrogen and oxygen atoms in total. The Morgan fingerprint density at radius 3 is 2.29 bits per heavy atom. The van der Waals surface area contributed by atoms with Crippen molar-refractivity contribution in [2.45, 2.75) is 19.9 Å². The Bertz CT molecular complexity index is 994. The molecule has 2 heterocycles. The summed E-state index contributed by atoms with van der Waals surface area (Å²) in [6.45, 7) is 3.53. The number of carbonyl (C=O) groups excluding carboxylic acids is 4. The van der Waals surface area contributed by atoms with Crippen LogP contribution in [0.4, 0.5) is 5.69 Å². The monoisotopic (exact) mass is 378 g/mol. The minimum absolute atomic E-state index is 0.130. The molecule has 0 spiro atoms. The average Bonchev–Trinajstić information content (AvgIpc) is 2.96. The van der Waals surface area contributed by atoms with Crippen molar-refractivity contribution in [3.05, 3.63) is 59.2 Å². The molecule has 1 unspecified atom stereocenters. The lowest BCUT2D eigenvalue weighted by Gasteiger charge is -2.33. The summed E-state index contributed by atoms with van der Waals surface area (Å²) in [5.41, 5.74) is 1.52. The van der Waals surface area contributed by atoms with Gasteiger partial charge in [-0.2, -0.15) is 0 Å². The van der Waals surface area contributed by atoms with Crippen LogP contribution in [0.1, 0.15) is 44.9 Å². The van der Waals surface area contributed by atoms with Gasteiger partial charge >= 0.3 is 0 Å². The Balaban J connectivity index is 1.66. The van der Waals surface area contributed by atoms with Crippen LogP contribution in [0.3, 0.4) is 0 Å². The number of benzene rings is 2. The van der Waals surface area contributed by atoms with Crippen molar-refractivity contribution >= 4 is 29.2 Å². The zero-order valence-corrected chi connectivity index (χ0v) is 15.5. The molecule has 0 aromatic heterocycles. The predicted molar refractivity (Wildman–Crippen MR) is 101 cm³/mol. The highest BCUT2D eigenvalue weighted by atomic mass is 16.5. The molecule has 3 amide bonds. The van der Waals surface area contributed by atoms with Gasteiger partial charge in [-0.1, -0.05) is 12.1 Å². The first-order valence-electron chi connectivity index (χ1n) is 8.96. The number of anilines is 1. The number of fused-ring (bicyclic) bond motifs is 2. The molecule has 0 N–H and O–H groups in total. The normalized spacial score (nSPS) is 16.4. The topological polar surface area (TPSA) is 84.0 Å². The van der Waals surface area contributed by atoms with Gasteiger partial charge < -0.3 is 9.64 Å². The second-order valence-corrected chi connectivity index (χ2v) is 6.78. The molecule has 28 heavy (non-hydrogen) atoms. The molecule has 2 aliphatic rings. The van der Waals surface area contributed by atoms with Crippen molar-refractivity contribution in [1.82, 2.24) is 4.90 Å². The van der Waals surface area contributed by atoms with Gasteiger partial charge in [0.1, 0.15) is 18.4 Å². The molecule has 0 saturated carbocycles. The van der Waals surface area contributed by atoms with Gasteiger partial charge in [0.05, 0.1) is 23.4 Å². The largest absolute Gasteiger partial charge is 0.490 e. The summed E-state index contributed by atoms with van der Waals surface area (Å²) in [5.74, 6) is -1.01. The van der Waals surface area contributed by atoms with Crippen molar-refractivity contribution in [2.24, 2.45) is 0 Å². The SMILES string of the molecule is CC(=O)c1ccc2c(c1)N(C(=O)C(C)N1C(=O)c3ccccc3C1=O)CCO2. The van der Waals surface area contributed by atoms with Crippen molar-refractivity contribution in [2.75, 3.05) is 18.1 Å². The number of rotatable bonds is 3. The lowest BCUT2D eigenvalue weighted by Crippen LogP contribution is -2.51. The van der Waals surface area contributed by atoms with Crippen LogP contribution < -0.4 is 9.64 Å². The molecule has 0 radical (unpaired) electrons. The molecule has 2 aromatic carbocycles. The maximum absolute atomic E-state index is 13.2. The summed E-state index contributed by atoms with van der Waals surface area (Å²) < 4.78 is 5.58. The molecular formula is C21H18N2O5. The molecular weight excluding hydrogens is 360 g/mol. The van der Waals surface area contributed by atoms with E-state index in [1.54, 1.807) is 42.5 Å².